The number of aromatic nitrogens is 1. The number of aliphatic hydroxyl groups excluding tert-OH is 1. The van der Waals surface area contributed by atoms with E-state index in [1.54, 1.807) is 17.2 Å². The molecule has 1 fully saturated rings. The number of carbonyl (C=O) groups excluding carboxylic acids is 1. The summed E-state index contributed by atoms with van der Waals surface area (Å²) in [5, 5.41) is 12.5. The van der Waals surface area contributed by atoms with E-state index in [4.69, 9.17) is 16.7 Å². The van der Waals surface area contributed by atoms with Gasteiger partial charge in [0.25, 0.3) is 0 Å². The van der Waals surface area contributed by atoms with Gasteiger partial charge in [0.1, 0.15) is 11.9 Å². The van der Waals surface area contributed by atoms with Gasteiger partial charge in [0, 0.05) is 23.8 Å². The molecule has 1 saturated heterocycles. The van der Waals surface area contributed by atoms with Crippen molar-refractivity contribution in [2.45, 2.75) is 18.9 Å². The smallest absolute Gasteiger partial charge is 0.245 e. The summed E-state index contributed by atoms with van der Waals surface area (Å²) in [4.78, 5) is 18.0. The summed E-state index contributed by atoms with van der Waals surface area (Å²) in [7, 11) is 0. The lowest BCUT2D eigenvalue weighted by atomic mass is 10.0. The second-order valence-electron chi connectivity index (χ2n) is 4.37. The Hall–Kier alpha value is -0.850. The molecule has 1 aromatic heterocycles. The number of anilines is 1. The molecule has 0 aliphatic carbocycles. The maximum atomic E-state index is 12.2. The SMILES string of the molecule is O=C1C(Nc2ncc(Br)cc2Cl)CCCN1CCO. The summed E-state index contributed by atoms with van der Waals surface area (Å²) in [6, 6.07) is 1.40. The Kier molecular flexibility index (Phi) is 5.01. The molecule has 1 unspecified atom stereocenters. The minimum atomic E-state index is -0.327. The summed E-state index contributed by atoms with van der Waals surface area (Å²) in [5.41, 5.74) is 0. The van der Waals surface area contributed by atoms with Crippen molar-refractivity contribution in [1.82, 2.24) is 9.88 Å². The Morgan fingerprint density at radius 2 is 2.42 bits per heavy atom. The molecule has 0 bridgehead atoms. The van der Waals surface area contributed by atoms with Crippen LogP contribution in [0, 0.1) is 0 Å². The third-order valence-electron chi connectivity index (χ3n) is 3.02. The molecule has 0 spiro atoms. The molecule has 7 heteroatoms. The van der Waals surface area contributed by atoms with Crippen molar-refractivity contribution < 1.29 is 9.90 Å². The highest BCUT2D eigenvalue weighted by Gasteiger charge is 2.28. The van der Waals surface area contributed by atoms with E-state index in [1.165, 1.54) is 0 Å². The van der Waals surface area contributed by atoms with Crippen molar-refractivity contribution in [3.8, 4) is 0 Å². The van der Waals surface area contributed by atoms with E-state index in [0.29, 0.717) is 23.9 Å². The molecule has 19 heavy (non-hydrogen) atoms. The third-order valence-corrected chi connectivity index (χ3v) is 3.74. The number of aliphatic hydroxyl groups is 1. The lowest BCUT2D eigenvalue weighted by Gasteiger charge is -2.32. The van der Waals surface area contributed by atoms with Crippen LogP contribution in [0.5, 0.6) is 0 Å². The van der Waals surface area contributed by atoms with Crippen LogP contribution in [0.1, 0.15) is 12.8 Å². The van der Waals surface area contributed by atoms with Gasteiger partial charge in [-0.25, -0.2) is 4.98 Å². The number of halogens is 2. The molecule has 1 aliphatic heterocycles. The first-order chi connectivity index (χ1) is 9.11. The Morgan fingerprint density at radius 1 is 1.63 bits per heavy atom. The summed E-state index contributed by atoms with van der Waals surface area (Å²) in [6.45, 7) is 1.05. The fourth-order valence-corrected chi connectivity index (χ4v) is 2.79. The molecule has 0 saturated carbocycles. The molecule has 1 atom stereocenters. The molecule has 5 nitrogen and oxygen atoms in total. The van der Waals surface area contributed by atoms with Crippen molar-refractivity contribution >= 4 is 39.3 Å². The van der Waals surface area contributed by atoms with Gasteiger partial charge in [-0.1, -0.05) is 11.6 Å². The standard InChI is InChI=1S/C12H15BrClN3O2/c13-8-6-9(14)11(15-7-8)16-10-2-1-3-17(4-5-18)12(10)19/h6-7,10,18H,1-5H2,(H,15,16). The molecule has 1 amide bonds. The highest BCUT2D eigenvalue weighted by molar-refractivity contribution is 9.10. The number of nitrogens with one attached hydrogen (secondary N) is 1. The van der Waals surface area contributed by atoms with E-state index in [1.807, 2.05) is 0 Å². The zero-order chi connectivity index (χ0) is 13.8. The maximum absolute atomic E-state index is 12.2. The Balaban J connectivity index is 2.07. The van der Waals surface area contributed by atoms with Crippen LogP contribution in [0.2, 0.25) is 5.02 Å². The normalized spacial score (nSPS) is 19.6. The average molecular weight is 349 g/mol. The lowest BCUT2D eigenvalue weighted by molar-refractivity contribution is -0.134. The number of carbonyl (C=O) groups is 1. The van der Waals surface area contributed by atoms with Gasteiger partial charge in [-0.15, -0.1) is 0 Å². The number of piperidine rings is 1. The Labute approximate surface area is 125 Å². The molecule has 2 rings (SSSR count). The number of rotatable bonds is 4. The summed E-state index contributed by atoms with van der Waals surface area (Å²) < 4.78 is 0.792. The van der Waals surface area contributed by atoms with E-state index in [9.17, 15) is 4.79 Å². The van der Waals surface area contributed by atoms with Crippen molar-refractivity contribution in [1.29, 1.82) is 0 Å². The molecule has 1 aromatic rings. The van der Waals surface area contributed by atoms with Gasteiger partial charge in [-0.2, -0.15) is 0 Å². The zero-order valence-corrected chi connectivity index (χ0v) is 12.6. The average Bonchev–Trinajstić information content (AvgIpc) is 2.37. The topological polar surface area (TPSA) is 65.5 Å². The van der Waals surface area contributed by atoms with Crippen molar-refractivity contribution in [3.05, 3.63) is 21.8 Å². The third kappa shape index (κ3) is 3.58. The van der Waals surface area contributed by atoms with Gasteiger partial charge in [-0.05, 0) is 34.8 Å². The van der Waals surface area contributed by atoms with Crippen LogP contribution in [0.25, 0.3) is 0 Å². The summed E-state index contributed by atoms with van der Waals surface area (Å²) in [6.07, 6.45) is 3.28. The van der Waals surface area contributed by atoms with Gasteiger partial charge < -0.3 is 15.3 Å². The monoisotopic (exact) mass is 347 g/mol. The summed E-state index contributed by atoms with van der Waals surface area (Å²) in [5.74, 6) is 0.496. The molecular weight excluding hydrogens is 334 g/mol. The van der Waals surface area contributed by atoms with Gasteiger partial charge >= 0.3 is 0 Å². The van der Waals surface area contributed by atoms with Crippen LogP contribution in [0.4, 0.5) is 5.82 Å². The van der Waals surface area contributed by atoms with E-state index < -0.39 is 0 Å². The first-order valence-electron chi connectivity index (χ1n) is 6.09. The fraction of sp³-hybridized carbons (Fsp3) is 0.500. The number of nitrogens with zero attached hydrogens (tertiary/aromatic N) is 2. The van der Waals surface area contributed by atoms with Crippen LogP contribution in [0.15, 0.2) is 16.7 Å². The maximum Gasteiger partial charge on any atom is 0.245 e. The van der Waals surface area contributed by atoms with Crippen molar-refractivity contribution in [3.63, 3.8) is 0 Å². The second-order valence-corrected chi connectivity index (χ2v) is 5.69. The second kappa shape index (κ2) is 6.54. The van der Waals surface area contributed by atoms with Crippen molar-refractivity contribution in [2.24, 2.45) is 0 Å². The molecule has 2 heterocycles. The fourth-order valence-electron chi connectivity index (χ4n) is 2.10. The first kappa shape index (κ1) is 14.6. The molecule has 0 radical (unpaired) electrons. The molecule has 1 aliphatic rings. The number of likely N-dealkylation sites (tertiary alicyclic amines) is 1. The van der Waals surface area contributed by atoms with Gasteiger partial charge in [0.05, 0.1) is 11.6 Å². The predicted molar refractivity (Wildman–Crippen MR) is 77.3 cm³/mol. The van der Waals surface area contributed by atoms with Gasteiger partial charge in [0.15, 0.2) is 0 Å². The number of amides is 1. The Bertz CT molecular complexity index is 470. The first-order valence-corrected chi connectivity index (χ1v) is 7.26. The number of pyridine rings is 1. The number of hydrogen-bond acceptors (Lipinski definition) is 4. The van der Waals surface area contributed by atoms with Crippen LogP contribution in [0.3, 0.4) is 0 Å². The summed E-state index contributed by atoms with van der Waals surface area (Å²) >= 11 is 9.36. The minimum Gasteiger partial charge on any atom is -0.395 e. The largest absolute Gasteiger partial charge is 0.395 e. The van der Waals surface area contributed by atoms with Crippen LogP contribution >= 0.6 is 27.5 Å². The molecule has 0 aromatic carbocycles. The zero-order valence-electron chi connectivity index (χ0n) is 10.3. The Morgan fingerprint density at radius 3 is 3.11 bits per heavy atom. The molecule has 104 valence electrons. The minimum absolute atomic E-state index is 0.0129. The predicted octanol–water partition coefficient (Wildman–Crippen LogP) is 1.89. The van der Waals surface area contributed by atoms with Gasteiger partial charge in [0.2, 0.25) is 5.91 Å². The number of hydrogen-bond donors (Lipinski definition) is 2. The lowest BCUT2D eigenvalue weighted by Crippen LogP contribution is -2.48. The highest BCUT2D eigenvalue weighted by atomic mass is 79.9. The van der Waals surface area contributed by atoms with Crippen molar-refractivity contribution in [2.75, 3.05) is 25.0 Å². The molecular formula is C12H15BrClN3O2. The van der Waals surface area contributed by atoms with Crippen LogP contribution < -0.4 is 5.32 Å². The van der Waals surface area contributed by atoms with E-state index in [-0.39, 0.29) is 18.6 Å². The number of β-amino-alcohol motifs (C(OH)–C–C–N with tert-alkyl or cyclic N) is 1. The van der Waals surface area contributed by atoms with E-state index >= 15 is 0 Å². The van der Waals surface area contributed by atoms with E-state index in [2.05, 4.69) is 26.2 Å². The van der Waals surface area contributed by atoms with Crippen LogP contribution in [-0.2, 0) is 4.79 Å². The van der Waals surface area contributed by atoms with E-state index in [0.717, 1.165) is 17.3 Å². The molecule has 2 N–H and O–H groups in total. The highest BCUT2D eigenvalue weighted by Crippen LogP contribution is 2.25. The van der Waals surface area contributed by atoms with Crippen LogP contribution in [-0.4, -0.2) is 46.6 Å². The quantitative estimate of drug-likeness (QED) is 0.872. The van der Waals surface area contributed by atoms with Gasteiger partial charge in [-0.3, -0.25) is 4.79 Å².